The van der Waals surface area contributed by atoms with Crippen molar-refractivity contribution in [1.82, 2.24) is 10.2 Å². The average Bonchev–Trinajstić information content (AvgIpc) is 2.83. The fourth-order valence-corrected chi connectivity index (χ4v) is 3.89. The van der Waals surface area contributed by atoms with Crippen LogP contribution in [0, 0.1) is 17.2 Å². The number of nitrogens with zero attached hydrogens (tertiary/aromatic N) is 2. The van der Waals surface area contributed by atoms with Crippen LogP contribution in [0.4, 0.5) is 10.5 Å². The first-order chi connectivity index (χ1) is 12.4. The maximum absolute atomic E-state index is 12.8. The van der Waals surface area contributed by atoms with E-state index < -0.39 is 17.5 Å². The van der Waals surface area contributed by atoms with Crippen LogP contribution in [0.25, 0.3) is 0 Å². The zero-order chi connectivity index (χ0) is 18.9. The third-order valence-corrected chi connectivity index (χ3v) is 5.49. The van der Waals surface area contributed by atoms with Crippen molar-refractivity contribution in [3.63, 3.8) is 0 Å². The Morgan fingerprint density at radius 3 is 2.88 bits per heavy atom. The summed E-state index contributed by atoms with van der Waals surface area (Å²) in [4.78, 5) is 38.4. The Bertz CT molecular complexity index is 819. The molecule has 2 atom stereocenters. The zero-order valence-electron chi connectivity index (χ0n) is 14.3. The number of rotatable bonds is 3. The Morgan fingerprint density at radius 2 is 2.23 bits per heavy atom. The highest BCUT2D eigenvalue weighted by atomic mass is 35.5. The van der Waals surface area contributed by atoms with Crippen LogP contribution in [-0.4, -0.2) is 34.8 Å². The molecule has 26 heavy (non-hydrogen) atoms. The fourth-order valence-electron chi connectivity index (χ4n) is 3.67. The summed E-state index contributed by atoms with van der Waals surface area (Å²) in [6.45, 7) is 1.59. The zero-order valence-corrected chi connectivity index (χ0v) is 15.1. The van der Waals surface area contributed by atoms with Crippen molar-refractivity contribution in [2.75, 3.05) is 11.9 Å². The van der Waals surface area contributed by atoms with Crippen LogP contribution in [0.15, 0.2) is 18.2 Å². The smallest absolute Gasteiger partial charge is 0.324 e. The molecule has 1 aliphatic heterocycles. The molecule has 0 bridgehead atoms. The summed E-state index contributed by atoms with van der Waals surface area (Å²) >= 11 is 5.94. The van der Waals surface area contributed by atoms with E-state index in [4.69, 9.17) is 16.9 Å². The minimum absolute atomic E-state index is 0.0399. The molecule has 2 N–H and O–H groups in total. The number of urea groups is 1. The van der Waals surface area contributed by atoms with E-state index in [1.54, 1.807) is 6.07 Å². The molecule has 1 heterocycles. The number of amides is 4. The van der Waals surface area contributed by atoms with Gasteiger partial charge in [0.15, 0.2) is 0 Å². The van der Waals surface area contributed by atoms with Crippen molar-refractivity contribution < 1.29 is 14.4 Å². The second-order valence-electron chi connectivity index (χ2n) is 6.79. The molecule has 3 rings (SSSR count). The molecule has 1 aliphatic carbocycles. The molecule has 4 amide bonds. The molecule has 1 saturated carbocycles. The van der Waals surface area contributed by atoms with E-state index in [0.717, 1.165) is 24.2 Å². The summed E-state index contributed by atoms with van der Waals surface area (Å²) in [6.07, 6.45) is 3.38. The number of halogens is 1. The van der Waals surface area contributed by atoms with Gasteiger partial charge < -0.3 is 10.6 Å². The highest BCUT2D eigenvalue weighted by Gasteiger charge is 2.55. The molecule has 2 fully saturated rings. The molecule has 7 nitrogen and oxygen atoms in total. The molecular weight excluding hydrogens is 356 g/mol. The van der Waals surface area contributed by atoms with Crippen LogP contribution in [0.1, 0.15) is 38.2 Å². The van der Waals surface area contributed by atoms with Gasteiger partial charge in [-0.2, -0.15) is 5.26 Å². The largest absolute Gasteiger partial charge is 0.325 e. The van der Waals surface area contributed by atoms with Crippen LogP contribution in [0.3, 0.4) is 0 Å². The lowest BCUT2D eigenvalue weighted by atomic mass is 9.73. The summed E-state index contributed by atoms with van der Waals surface area (Å²) in [5.74, 6) is -0.796. The summed E-state index contributed by atoms with van der Waals surface area (Å²) in [5, 5.41) is 14.5. The number of carbonyl (C=O) groups excluding carboxylic acids is 3. The lowest BCUT2D eigenvalue weighted by molar-refractivity contribution is -0.136. The quantitative estimate of drug-likeness (QED) is 0.794. The molecule has 0 aromatic heterocycles. The van der Waals surface area contributed by atoms with E-state index in [1.165, 1.54) is 12.1 Å². The topological polar surface area (TPSA) is 102 Å². The molecule has 0 unspecified atom stereocenters. The van der Waals surface area contributed by atoms with Crippen molar-refractivity contribution in [2.24, 2.45) is 5.92 Å². The van der Waals surface area contributed by atoms with E-state index in [9.17, 15) is 14.4 Å². The molecule has 0 radical (unpaired) electrons. The van der Waals surface area contributed by atoms with Gasteiger partial charge in [0, 0.05) is 5.69 Å². The SMILES string of the molecule is C[C@H]1CCCC[C@@]12NC(=O)N(CC(=O)Nc1ccc(C#N)c(Cl)c1)C2=O. The van der Waals surface area contributed by atoms with Crippen molar-refractivity contribution in [2.45, 2.75) is 38.1 Å². The van der Waals surface area contributed by atoms with Gasteiger partial charge in [-0.1, -0.05) is 31.4 Å². The molecule has 1 saturated heterocycles. The van der Waals surface area contributed by atoms with Gasteiger partial charge in [-0.05, 0) is 37.0 Å². The van der Waals surface area contributed by atoms with Crippen molar-refractivity contribution >= 4 is 35.1 Å². The van der Waals surface area contributed by atoms with E-state index in [1.807, 2.05) is 13.0 Å². The van der Waals surface area contributed by atoms with Gasteiger partial charge in [-0.3, -0.25) is 14.5 Å². The van der Waals surface area contributed by atoms with Crippen LogP contribution in [-0.2, 0) is 9.59 Å². The molecule has 8 heteroatoms. The van der Waals surface area contributed by atoms with Gasteiger partial charge in [-0.15, -0.1) is 0 Å². The highest BCUT2D eigenvalue weighted by Crippen LogP contribution is 2.38. The third-order valence-electron chi connectivity index (χ3n) is 5.18. The van der Waals surface area contributed by atoms with E-state index in [2.05, 4.69) is 10.6 Å². The van der Waals surface area contributed by atoms with Gasteiger partial charge in [-0.25, -0.2) is 4.79 Å². The van der Waals surface area contributed by atoms with Gasteiger partial charge in [0.1, 0.15) is 18.2 Å². The van der Waals surface area contributed by atoms with Crippen LogP contribution < -0.4 is 10.6 Å². The van der Waals surface area contributed by atoms with Crippen LogP contribution in [0.5, 0.6) is 0 Å². The highest BCUT2D eigenvalue weighted by molar-refractivity contribution is 6.32. The number of nitriles is 1. The van der Waals surface area contributed by atoms with Gasteiger partial charge >= 0.3 is 6.03 Å². The first kappa shape index (κ1) is 18.2. The summed E-state index contributed by atoms with van der Waals surface area (Å²) in [6, 6.07) is 5.89. The minimum Gasteiger partial charge on any atom is -0.324 e. The molecule has 1 spiro atoms. The Balaban J connectivity index is 1.69. The van der Waals surface area contributed by atoms with Crippen molar-refractivity contribution in [3.8, 4) is 6.07 Å². The van der Waals surface area contributed by atoms with Crippen LogP contribution in [0.2, 0.25) is 5.02 Å². The first-order valence-electron chi connectivity index (χ1n) is 8.51. The first-order valence-corrected chi connectivity index (χ1v) is 8.89. The molecule has 1 aromatic rings. The predicted octanol–water partition coefficient (Wildman–Crippen LogP) is 2.65. The Morgan fingerprint density at radius 1 is 1.46 bits per heavy atom. The number of anilines is 1. The summed E-state index contributed by atoms with van der Waals surface area (Å²) in [7, 11) is 0. The Kier molecular flexibility index (Phi) is 4.88. The molecular formula is C18H19ClN4O3. The average molecular weight is 375 g/mol. The van der Waals surface area contributed by atoms with Gasteiger partial charge in [0.2, 0.25) is 5.91 Å². The number of imide groups is 1. The van der Waals surface area contributed by atoms with Gasteiger partial charge in [0.25, 0.3) is 5.91 Å². The normalized spacial score (nSPS) is 25.1. The van der Waals surface area contributed by atoms with E-state index in [0.29, 0.717) is 17.7 Å². The van der Waals surface area contributed by atoms with E-state index in [-0.39, 0.29) is 23.4 Å². The summed E-state index contributed by atoms with van der Waals surface area (Å²) in [5.41, 5.74) is -0.188. The Labute approximate surface area is 156 Å². The second kappa shape index (κ2) is 6.96. The maximum Gasteiger partial charge on any atom is 0.325 e. The Hall–Kier alpha value is -2.59. The number of hydrogen-bond donors (Lipinski definition) is 2. The lowest BCUT2D eigenvalue weighted by Gasteiger charge is -2.36. The van der Waals surface area contributed by atoms with Gasteiger partial charge in [0.05, 0.1) is 10.6 Å². The number of nitrogens with one attached hydrogen (secondary N) is 2. The predicted molar refractivity (Wildman–Crippen MR) is 95.4 cm³/mol. The third kappa shape index (κ3) is 3.13. The van der Waals surface area contributed by atoms with Crippen molar-refractivity contribution in [3.05, 3.63) is 28.8 Å². The van der Waals surface area contributed by atoms with E-state index >= 15 is 0 Å². The number of carbonyl (C=O) groups is 3. The maximum atomic E-state index is 12.8. The minimum atomic E-state index is -0.882. The molecule has 136 valence electrons. The second-order valence-corrected chi connectivity index (χ2v) is 7.20. The van der Waals surface area contributed by atoms with Crippen molar-refractivity contribution in [1.29, 1.82) is 5.26 Å². The summed E-state index contributed by atoms with van der Waals surface area (Å²) < 4.78 is 0. The van der Waals surface area contributed by atoms with Crippen LogP contribution >= 0.6 is 11.6 Å². The molecule has 2 aliphatic rings. The lowest BCUT2D eigenvalue weighted by Crippen LogP contribution is -2.54. The standard InChI is InChI=1S/C18H19ClN4O3/c1-11-4-2-3-7-18(11)16(25)23(17(26)22-18)10-15(24)21-13-6-5-12(9-20)14(19)8-13/h5-6,8,11H,2-4,7,10H2,1H3,(H,21,24)(H,22,26)/t11-,18+/m0/s1. The molecule has 1 aromatic carbocycles. The number of hydrogen-bond acceptors (Lipinski definition) is 4. The monoisotopic (exact) mass is 374 g/mol. The number of benzene rings is 1. The fraction of sp³-hybridized carbons (Fsp3) is 0.444.